The van der Waals surface area contributed by atoms with Gasteiger partial charge in [0.05, 0.1) is 0 Å². The lowest BCUT2D eigenvalue weighted by Crippen LogP contribution is -2.72. The molecular weight excluding hydrogens is 611 g/mol. The van der Waals surface area contributed by atoms with Gasteiger partial charge in [-0.15, -0.1) is 0 Å². The molecule has 0 bridgehead atoms. The zero-order valence-electron chi connectivity index (χ0n) is 26.7. The summed E-state index contributed by atoms with van der Waals surface area (Å²) in [5.41, 5.74) is 7.92. The van der Waals surface area contributed by atoms with Crippen LogP contribution in [0.5, 0.6) is 0 Å². The van der Waals surface area contributed by atoms with Crippen LogP contribution in [0.3, 0.4) is 0 Å². The van der Waals surface area contributed by atoms with Crippen molar-refractivity contribution in [1.82, 2.24) is 15.0 Å². The number of rotatable bonds is 6. The van der Waals surface area contributed by atoms with Gasteiger partial charge in [-0.2, -0.15) is 0 Å². The summed E-state index contributed by atoms with van der Waals surface area (Å²) in [6, 6.07) is 67.2. The van der Waals surface area contributed by atoms with Crippen molar-refractivity contribution in [3.63, 3.8) is 0 Å². The second-order valence-corrected chi connectivity index (χ2v) is 16.1. The van der Waals surface area contributed by atoms with Gasteiger partial charge in [0, 0.05) is 16.7 Å². The van der Waals surface area contributed by atoms with Gasteiger partial charge in [0.1, 0.15) is 0 Å². The highest BCUT2D eigenvalue weighted by Gasteiger charge is 2.48. The molecule has 0 saturated heterocycles. The zero-order chi connectivity index (χ0) is 32.6. The van der Waals surface area contributed by atoms with Gasteiger partial charge in [0.2, 0.25) is 0 Å². The molecule has 1 aromatic heterocycles. The highest BCUT2D eigenvalue weighted by Crippen LogP contribution is 2.30. The van der Waals surface area contributed by atoms with Gasteiger partial charge in [-0.1, -0.05) is 188 Å². The Bertz CT molecular complexity index is 2310. The fourth-order valence-corrected chi connectivity index (χ4v) is 12.5. The first-order valence-electron chi connectivity index (χ1n) is 16.6. The molecule has 8 aromatic rings. The first kappa shape index (κ1) is 28.9. The van der Waals surface area contributed by atoms with E-state index >= 15 is 0 Å². The van der Waals surface area contributed by atoms with E-state index in [9.17, 15) is 0 Å². The largest absolute Gasteiger partial charge is 0.208 e. The summed E-state index contributed by atoms with van der Waals surface area (Å²) in [6.45, 7) is 0. The number of hydrogen-bond acceptors (Lipinski definition) is 3. The molecule has 1 aliphatic heterocycles. The van der Waals surface area contributed by atoms with Crippen molar-refractivity contribution in [3.8, 4) is 56.4 Å². The molecule has 0 unspecified atom stereocenters. The van der Waals surface area contributed by atoms with E-state index in [0.717, 1.165) is 22.3 Å². The first-order valence-corrected chi connectivity index (χ1v) is 18.6. The summed E-state index contributed by atoms with van der Waals surface area (Å²) in [5.74, 6) is 1.98. The van der Waals surface area contributed by atoms with E-state index in [1.807, 2.05) is 60.7 Å². The van der Waals surface area contributed by atoms with Crippen LogP contribution in [0.25, 0.3) is 56.4 Å². The van der Waals surface area contributed by atoms with Crippen LogP contribution in [-0.4, -0.2) is 23.0 Å². The monoisotopic (exact) mass is 641 g/mol. The molecule has 0 radical (unpaired) electrons. The molecule has 49 heavy (non-hydrogen) atoms. The van der Waals surface area contributed by atoms with Crippen molar-refractivity contribution in [2.24, 2.45) is 0 Å². The molecule has 0 fully saturated rings. The minimum atomic E-state index is -2.49. The van der Waals surface area contributed by atoms with Crippen LogP contribution >= 0.6 is 0 Å². The smallest absolute Gasteiger partial charge is 0.180 e. The number of nitrogens with zero attached hydrogens (tertiary/aromatic N) is 3. The lowest BCUT2D eigenvalue weighted by Gasteiger charge is -2.31. The first-order chi connectivity index (χ1) is 24.3. The van der Waals surface area contributed by atoms with Crippen molar-refractivity contribution in [2.75, 3.05) is 0 Å². The highest BCUT2D eigenvalue weighted by molar-refractivity contribution is 7.22. The fourth-order valence-electron chi connectivity index (χ4n) is 7.37. The maximum Gasteiger partial charge on any atom is 0.180 e. The summed E-state index contributed by atoms with van der Waals surface area (Å²) >= 11 is 0. The highest BCUT2D eigenvalue weighted by atomic mass is 28.3. The van der Waals surface area contributed by atoms with Gasteiger partial charge >= 0.3 is 0 Å². The topological polar surface area (TPSA) is 38.7 Å². The maximum atomic E-state index is 4.91. The third-order valence-electron chi connectivity index (χ3n) is 9.65. The van der Waals surface area contributed by atoms with E-state index in [-0.39, 0.29) is 0 Å². The molecule has 0 atom stereocenters. The summed E-state index contributed by atoms with van der Waals surface area (Å²) < 4.78 is 0. The summed E-state index contributed by atoms with van der Waals surface area (Å²) in [7, 11) is -2.49. The minimum Gasteiger partial charge on any atom is -0.208 e. The van der Waals surface area contributed by atoms with Crippen LogP contribution in [-0.2, 0) is 0 Å². The Hall–Kier alpha value is -6.23. The van der Waals surface area contributed by atoms with Crippen molar-refractivity contribution in [2.45, 2.75) is 0 Å². The molecule has 2 heterocycles. The second-order valence-electron chi connectivity index (χ2n) is 12.4. The van der Waals surface area contributed by atoms with Crippen LogP contribution in [0.4, 0.5) is 0 Å². The van der Waals surface area contributed by atoms with Crippen LogP contribution in [0.1, 0.15) is 0 Å². The van der Waals surface area contributed by atoms with Crippen molar-refractivity contribution in [1.29, 1.82) is 0 Å². The quantitative estimate of drug-likeness (QED) is 0.173. The van der Waals surface area contributed by atoms with E-state index in [2.05, 4.69) is 127 Å². The van der Waals surface area contributed by atoms with E-state index in [1.165, 1.54) is 37.4 Å². The van der Waals surface area contributed by atoms with Gasteiger partial charge < -0.3 is 0 Å². The van der Waals surface area contributed by atoms with E-state index in [4.69, 9.17) is 15.0 Å². The normalized spacial score (nSPS) is 12.7. The molecule has 0 N–H and O–H groups in total. The number of aromatic nitrogens is 3. The van der Waals surface area contributed by atoms with Crippen LogP contribution < -0.4 is 20.7 Å². The summed E-state index contributed by atoms with van der Waals surface area (Å²) in [6.07, 6.45) is 0. The third kappa shape index (κ3) is 4.93. The molecule has 230 valence electrons. The Morgan fingerprint density at radius 3 is 1.06 bits per heavy atom. The molecule has 0 saturated carbocycles. The van der Waals surface area contributed by atoms with Crippen molar-refractivity contribution >= 4 is 28.8 Å². The molecule has 7 aromatic carbocycles. The molecule has 9 rings (SSSR count). The second kappa shape index (κ2) is 12.1. The molecule has 3 nitrogen and oxygen atoms in total. The zero-order valence-corrected chi connectivity index (χ0v) is 27.7. The maximum absolute atomic E-state index is 4.91. The lowest BCUT2D eigenvalue weighted by atomic mass is 10.0. The Balaban J connectivity index is 1.10. The lowest BCUT2D eigenvalue weighted by molar-refractivity contribution is 1.07. The predicted octanol–water partition coefficient (Wildman–Crippen LogP) is 7.90. The molecule has 0 amide bonds. The molecule has 4 heteroatoms. The van der Waals surface area contributed by atoms with Crippen molar-refractivity contribution in [3.05, 3.63) is 188 Å². The molecular formula is C45H31N3Si. The Labute approximate surface area is 287 Å². The van der Waals surface area contributed by atoms with E-state index < -0.39 is 8.07 Å². The fraction of sp³-hybridized carbons (Fsp3) is 0. The third-order valence-corrected chi connectivity index (χ3v) is 14.5. The van der Waals surface area contributed by atoms with Gasteiger partial charge in [-0.05, 0) is 43.0 Å². The molecule has 0 spiro atoms. The Morgan fingerprint density at radius 1 is 0.265 bits per heavy atom. The van der Waals surface area contributed by atoms with E-state index in [1.54, 1.807) is 0 Å². The SMILES string of the molecule is c1ccc(-c2nc(-c3ccccc3)nc(-c3ccc(-c4ccc([Si]5(c6ccccc6)c6ccccc6-c6ccccc65)cc4)cc3)n2)cc1. The average Bonchev–Trinajstić information content (AvgIpc) is 3.50. The van der Waals surface area contributed by atoms with Gasteiger partial charge in [-0.25, -0.2) is 15.0 Å². The number of fused-ring (bicyclic) bond motifs is 3. The summed E-state index contributed by atoms with van der Waals surface area (Å²) in [4.78, 5) is 14.7. The minimum absolute atomic E-state index is 0.656. The van der Waals surface area contributed by atoms with Crippen molar-refractivity contribution < 1.29 is 0 Å². The summed E-state index contributed by atoms with van der Waals surface area (Å²) in [5, 5.41) is 5.72. The Morgan fingerprint density at radius 2 is 0.592 bits per heavy atom. The van der Waals surface area contributed by atoms with Crippen LogP contribution in [0.2, 0.25) is 0 Å². The van der Waals surface area contributed by atoms with Crippen LogP contribution in [0, 0.1) is 0 Å². The average molecular weight is 642 g/mol. The standard InChI is InChI=1S/C45H31N3Si/c1-4-14-34(15-5-1)43-46-44(35-16-6-2-7-17-35)48-45(47-43)36-26-24-32(25-27-36)33-28-30-38(31-29-33)49(37-18-8-3-9-19-37)41-22-12-10-20-39(41)40-21-11-13-23-42(40)49/h1-31H. The van der Waals surface area contributed by atoms with Gasteiger partial charge in [-0.3, -0.25) is 0 Å². The van der Waals surface area contributed by atoms with Crippen LogP contribution in [0.15, 0.2) is 188 Å². The number of benzene rings is 7. The van der Waals surface area contributed by atoms with E-state index in [0.29, 0.717) is 17.5 Å². The molecule has 0 aliphatic carbocycles. The number of hydrogen-bond donors (Lipinski definition) is 0. The molecule has 1 aliphatic rings. The Kier molecular flexibility index (Phi) is 7.14. The van der Waals surface area contributed by atoms with Gasteiger partial charge in [0.25, 0.3) is 0 Å². The predicted molar refractivity (Wildman–Crippen MR) is 204 cm³/mol. The van der Waals surface area contributed by atoms with Gasteiger partial charge in [0.15, 0.2) is 25.5 Å².